The number of nitrogens with zero attached hydrogens (tertiary/aromatic N) is 1. The van der Waals surface area contributed by atoms with E-state index in [2.05, 4.69) is 43.5 Å². The molecule has 190 valence electrons. The van der Waals surface area contributed by atoms with Crippen molar-refractivity contribution in [3.8, 4) is 17.6 Å². The van der Waals surface area contributed by atoms with Crippen LogP contribution in [0.1, 0.15) is 49.5 Å². The fraction of sp³-hybridized carbons (Fsp3) is 0.241. The van der Waals surface area contributed by atoms with Gasteiger partial charge >= 0.3 is 5.97 Å². The van der Waals surface area contributed by atoms with Crippen molar-refractivity contribution >= 4 is 29.2 Å². The second-order valence-electron chi connectivity index (χ2n) is 8.97. The summed E-state index contributed by atoms with van der Waals surface area (Å²) >= 11 is 0. The Bertz CT molecular complexity index is 1280. The molecular formula is C29H29N3O5. The molecule has 0 saturated carbocycles. The molecule has 0 aliphatic heterocycles. The maximum atomic E-state index is 12.2. The highest BCUT2D eigenvalue weighted by molar-refractivity contribution is 5.96. The predicted molar refractivity (Wildman–Crippen MR) is 140 cm³/mol. The van der Waals surface area contributed by atoms with Crippen molar-refractivity contribution in [3.63, 3.8) is 0 Å². The Kier molecular flexibility index (Phi) is 9.00. The van der Waals surface area contributed by atoms with Gasteiger partial charge in [0.05, 0.1) is 11.6 Å². The zero-order valence-corrected chi connectivity index (χ0v) is 21.0. The molecule has 2 N–H and O–H groups in total. The molecule has 0 radical (unpaired) electrons. The lowest BCUT2D eigenvalue weighted by molar-refractivity contribution is -0.119. The fourth-order valence-electron chi connectivity index (χ4n) is 3.30. The first-order valence-corrected chi connectivity index (χ1v) is 11.8. The fourth-order valence-corrected chi connectivity index (χ4v) is 3.30. The topological polar surface area (TPSA) is 118 Å². The van der Waals surface area contributed by atoms with Crippen LogP contribution in [0.3, 0.4) is 0 Å². The average molecular weight is 500 g/mol. The number of carbonyl (C=O) groups excluding carboxylic acids is 3. The minimum Gasteiger partial charge on any atom is -0.457 e. The van der Waals surface area contributed by atoms with E-state index in [-0.39, 0.29) is 17.4 Å². The van der Waals surface area contributed by atoms with Gasteiger partial charge in [0.25, 0.3) is 5.91 Å². The van der Waals surface area contributed by atoms with Crippen LogP contribution in [-0.4, -0.2) is 24.4 Å². The summed E-state index contributed by atoms with van der Waals surface area (Å²) in [5.41, 5.74) is 2.55. The molecule has 0 unspecified atom stereocenters. The second kappa shape index (κ2) is 12.4. The lowest BCUT2D eigenvalue weighted by atomic mass is 9.82. The molecule has 0 fully saturated rings. The molecule has 3 aromatic carbocycles. The van der Waals surface area contributed by atoms with Crippen molar-refractivity contribution in [2.45, 2.75) is 39.0 Å². The summed E-state index contributed by atoms with van der Waals surface area (Å²) in [6.07, 6.45) is 0.777. The van der Waals surface area contributed by atoms with Crippen LogP contribution in [0.4, 0.5) is 11.4 Å². The van der Waals surface area contributed by atoms with Crippen LogP contribution in [0.2, 0.25) is 0 Å². The largest absolute Gasteiger partial charge is 0.457 e. The van der Waals surface area contributed by atoms with Gasteiger partial charge in [0.2, 0.25) is 5.91 Å². The van der Waals surface area contributed by atoms with E-state index in [0.717, 1.165) is 12.2 Å². The van der Waals surface area contributed by atoms with E-state index >= 15 is 0 Å². The minimum absolute atomic E-state index is 0.107. The first kappa shape index (κ1) is 27.0. The standard InChI is InChI=1S/C29H29N3O5/c1-4-29(2,3)21-7-13-24(14-8-21)37-25-15-11-23(12-16-25)32-27(34)19-36-28(35)20-5-9-22(10-6-20)31-26(33)17-18-30/h5-16H,4,17,19H2,1-3H3,(H,31,33)(H,32,34). The number of amides is 2. The van der Waals surface area contributed by atoms with Gasteiger partial charge in [-0.1, -0.05) is 32.9 Å². The van der Waals surface area contributed by atoms with Crippen molar-refractivity contribution in [1.29, 1.82) is 5.26 Å². The number of ether oxygens (including phenoxy) is 2. The number of hydrogen-bond acceptors (Lipinski definition) is 6. The van der Waals surface area contributed by atoms with E-state index in [0.29, 0.717) is 17.1 Å². The van der Waals surface area contributed by atoms with Gasteiger partial charge in [-0.2, -0.15) is 5.26 Å². The summed E-state index contributed by atoms with van der Waals surface area (Å²) in [4.78, 5) is 35.8. The average Bonchev–Trinajstić information content (AvgIpc) is 2.89. The molecule has 0 aromatic heterocycles. The van der Waals surface area contributed by atoms with Gasteiger partial charge in [0.1, 0.15) is 17.9 Å². The van der Waals surface area contributed by atoms with Crippen LogP contribution in [0.25, 0.3) is 0 Å². The molecule has 8 nitrogen and oxygen atoms in total. The molecule has 0 atom stereocenters. The normalized spacial score (nSPS) is 10.6. The van der Waals surface area contributed by atoms with Crippen LogP contribution in [-0.2, 0) is 19.7 Å². The molecule has 0 aliphatic rings. The van der Waals surface area contributed by atoms with Gasteiger partial charge < -0.3 is 20.1 Å². The molecule has 3 rings (SSSR count). The summed E-state index contributed by atoms with van der Waals surface area (Å²) in [7, 11) is 0. The SMILES string of the molecule is CCC(C)(C)c1ccc(Oc2ccc(NC(=O)COC(=O)c3ccc(NC(=O)CC#N)cc3)cc2)cc1. The summed E-state index contributed by atoms with van der Waals surface area (Å²) in [5, 5.41) is 13.7. The van der Waals surface area contributed by atoms with Gasteiger partial charge in [-0.15, -0.1) is 0 Å². The summed E-state index contributed by atoms with van der Waals surface area (Å²) in [6, 6.07) is 22.6. The van der Waals surface area contributed by atoms with Gasteiger partial charge in [-0.25, -0.2) is 4.79 Å². The Labute approximate surface area is 216 Å². The molecule has 8 heteroatoms. The van der Waals surface area contributed by atoms with Crippen LogP contribution in [0, 0.1) is 11.3 Å². The van der Waals surface area contributed by atoms with Crippen LogP contribution in [0.5, 0.6) is 11.5 Å². The Morgan fingerprint density at radius 1 is 0.811 bits per heavy atom. The van der Waals surface area contributed by atoms with E-state index in [4.69, 9.17) is 14.7 Å². The van der Waals surface area contributed by atoms with Gasteiger partial charge in [0, 0.05) is 11.4 Å². The maximum Gasteiger partial charge on any atom is 0.338 e. The highest BCUT2D eigenvalue weighted by Gasteiger charge is 2.17. The molecule has 3 aromatic rings. The van der Waals surface area contributed by atoms with Crippen molar-refractivity contribution in [2.24, 2.45) is 0 Å². The van der Waals surface area contributed by atoms with Crippen LogP contribution < -0.4 is 15.4 Å². The zero-order chi connectivity index (χ0) is 26.8. The molecular weight excluding hydrogens is 470 g/mol. The number of nitriles is 1. The van der Waals surface area contributed by atoms with Crippen molar-refractivity contribution in [1.82, 2.24) is 0 Å². The molecule has 0 aliphatic carbocycles. The lowest BCUT2D eigenvalue weighted by Gasteiger charge is -2.23. The van der Waals surface area contributed by atoms with E-state index in [1.54, 1.807) is 30.3 Å². The van der Waals surface area contributed by atoms with E-state index in [1.807, 2.05) is 12.1 Å². The number of hydrogen-bond donors (Lipinski definition) is 2. The monoisotopic (exact) mass is 499 g/mol. The smallest absolute Gasteiger partial charge is 0.338 e. The predicted octanol–water partition coefficient (Wildman–Crippen LogP) is 5.81. The van der Waals surface area contributed by atoms with E-state index < -0.39 is 24.4 Å². The third kappa shape index (κ3) is 7.94. The van der Waals surface area contributed by atoms with Crippen LogP contribution in [0.15, 0.2) is 72.8 Å². The van der Waals surface area contributed by atoms with Crippen LogP contribution >= 0.6 is 0 Å². The maximum absolute atomic E-state index is 12.2. The summed E-state index contributed by atoms with van der Waals surface area (Å²) < 4.78 is 10.9. The quantitative estimate of drug-likeness (QED) is 0.340. The molecule has 37 heavy (non-hydrogen) atoms. The van der Waals surface area contributed by atoms with Crippen molar-refractivity contribution < 1.29 is 23.9 Å². The highest BCUT2D eigenvalue weighted by Crippen LogP contribution is 2.30. The summed E-state index contributed by atoms with van der Waals surface area (Å²) in [5.74, 6) is -0.269. The van der Waals surface area contributed by atoms with Gasteiger partial charge in [0.15, 0.2) is 6.61 Å². The highest BCUT2D eigenvalue weighted by atomic mass is 16.5. The molecule has 2 amide bonds. The Balaban J connectivity index is 1.46. The summed E-state index contributed by atoms with van der Waals surface area (Å²) in [6.45, 7) is 6.11. The number of esters is 1. The Hall–Kier alpha value is -4.64. The second-order valence-corrected chi connectivity index (χ2v) is 8.97. The number of carbonyl (C=O) groups is 3. The first-order chi connectivity index (χ1) is 17.7. The third-order valence-electron chi connectivity index (χ3n) is 5.87. The number of nitrogens with one attached hydrogen (secondary N) is 2. The Morgan fingerprint density at radius 2 is 1.32 bits per heavy atom. The molecule has 0 heterocycles. The van der Waals surface area contributed by atoms with Crippen molar-refractivity contribution in [2.75, 3.05) is 17.2 Å². The minimum atomic E-state index is -0.679. The van der Waals surface area contributed by atoms with Crippen molar-refractivity contribution in [3.05, 3.63) is 83.9 Å². The van der Waals surface area contributed by atoms with E-state index in [9.17, 15) is 14.4 Å². The first-order valence-electron chi connectivity index (χ1n) is 11.8. The number of benzene rings is 3. The zero-order valence-electron chi connectivity index (χ0n) is 21.0. The van der Waals surface area contributed by atoms with E-state index in [1.165, 1.54) is 29.8 Å². The number of rotatable bonds is 10. The van der Waals surface area contributed by atoms with Gasteiger partial charge in [-0.05, 0) is 78.1 Å². The molecule has 0 spiro atoms. The lowest BCUT2D eigenvalue weighted by Crippen LogP contribution is -2.20. The third-order valence-corrected chi connectivity index (χ3v) is 5.87. The molecule has 0 saturated heterocycles. The Morgan fingerprint density at radius 3 is 1.86 bits per heavy atom. The van der Waals surface area contributed by atoms with Gasteiger partial charge in [-0.3, -0.25) is 9.59 Å². The number of anilines is 2. The molecule has 0 bridgehead atoms.